The number of phosphoric acid groups is 1. The van der Waals surface area contributed by atoms with E-state index in [-0.39, 0.29) is 19.4 Å². The first-order chi connectivity index (χ1) is 22.1. The standard InChI is InChI=1S/C34H64NO10P/c1-3-5-7-9-11-13-14-15-16-18-20-22-24-26-33(37)45-30(28-43-46(40,41)44-29-31(35)34(38)39)27-42-32(36)25-23-21-19-17-12-10-8-6-4-2/h13-14,30-31H,3-12,15-29,35H2,1-2H3,(H,38,39)(H,40,41)/b14-13+/t30-,31+/m1/s1. The van der Waals surface area contributed by atoms with Crippen LogP contribution in [0.2, 0.25) is 0 Å². The van der Waals surface area contributed by atoms with E-state index in [0.29, 0.717) is 12.8 Å². The number of hydrogen-bond acceptors (Lipinski definition) is 9. The van der Waals surface area contributed by atoms with E-state index < -0.39 is 51.1 Å². The van der Waals surface area contributed by atoms with Gasteiger partial charge in [0.05, 0.1) is 13.2 Å². The molecule has 0 aliphatic rings. The molecule has 4 N–H and O–H groups in total. The lowest BCUT2D eigenvalue weighted by Crippen LogP contribution is -2.34. The van der Waals surface area contributed by atoms with Gasteiger partial charge in [0.15, 0.2) is 6.10 Å². The Labute approximate surface area is 278 Å². The van der Waals surface area contributed by atoms with Gasteiger partial charge < -0.3 is 25.2 Å². The highest BCUT2D eigenvalue weighted by molar-refractivity contribution is 7.47. The number of esters is 2. The summed E-state index contributed by atoms with van der Waals surface area (Å²) in [6.45, 7) is 2.72. The van der Waals surface area contributed by atoms with Gasteiger partial charge in [-0.3, -0.25) is 23.4 Å². The number of aliphatic carboxylic acids is 1. The van der Waals surface area contributed by atoms with Crippen LogP contribution in [0.15, 0.2) is 12.2 Å². The molecule has 11 nitrogen and oxygen atoms in total. The third-order valence-corrected chi connectivity index (χ3v) is 8.46. The summed E-state index contributed by atoms with van der Waals surface area (Å²) in [4.78, 5) is 45.5. The molecule has 0 rings (SSSR count). The Morgan fingerprint density at radius 2 is 1.09 bits per heavy atom. The molecule has 0 aromatic rings. The highest BCUT2D eigenvalue weighted by Gasteiger charge is 2.28. The summed E-state index contributed by atoms with van der Waals surface area (Å²) in [5, 5.41) is 8.83. The van der Waals surface area contributed by atoms with Crippen LogP contribution in [0.1, 0.15) is 155 Å². The minimum Gasteiger partial charge on any atom is -0.480 e. The fourth-order valence-corrected chi connectivity index (χ4v) is 5.42. The first-order valence-corrected chi connectivity index (χ1v) is 19.2. The lowest BCUT2D eigenvalue weighted by atomic mass is 10.1. The molecule has 46 heavy (non-hydrogen) atoms. The Kier molecular flexibility index (Phi) is 29.4. The molecule has 3 atom stereocenters. The fourth-order valence-electron chi connectivity index (χ4n) is 4.65. The first kappa shape index (κ1) is 44.2. The molecular formula is C34H64NO10P. The van der Waals surface area contributed by atoms with Crippen molar-refractivity contribution in [2.75, 3.05) is 19.8 Å². The second-order valence-electron chi connectivity index (χ2n) is 12.0. The summed E-state index contributed by atoms with van der Waals surface area (Å²) < 4.78 is 32.4. The van der Waals surface area contributed by atoms with E-state index in [1.165, 1.54) is 57.8 Å². The number of carboxylic acid groups (broad SMARTS) is 1. The van der Waals surface area contributed by atoms with Gasteiger partial charge in [0.1, 0.15) is 12.6 Å². The van der Waals surface area contributed by atoms with Crippen LogP contribution in [0, 0.1) is 0 Å². The smallest absolute Gasteiger partial charge is 0.472 e. The summed E-state index contributed by atoms with van der Waals surface area (Å²) in [5.74, 6) is -2.39. The molecule has 0 aliphatic carbocycles. The summed E-state index contributed by atoms with van der Waals surface area (Å²) >= 11 is 0. The molecule has 0 bridgehead atoms. The highest BCUT2D eigenvalue weighted by Crippen LogP contribution is 2.43. The zero-order chi connectivity index (χ0) is 34.3. The van der Waals surface area contributed by atoms with Gasteiger partial charge in [0.2, 0.25) is 0 Å². The lowest BCUT2D eigenvalue weighted by molar-refractivity contribution is -0.161. The molecule has 0 amide bonds. The molecule has 270 valence electrons. The maximum atomic E-state index is 12.5. The van der Waals surface area contributed by atoms with Crippen LogP contribution in [0.5, 0.6) is 0 Å². The van der Waals surface area contributed by atoms with Crippen molar-refractivity contribution >= 4 is 25.7 Å². The van der Waals surface area contributed by atoms with E-state index in [2.05, 4.69) is 30.5 Å². The van der Waals surface area contributed by atoms with Gasteiger partial charge in [-0.05, 0) is 38.5 Å². The van der Waals surface area contributed by atoms with Crippen LogP contribution >= 0.6 is 7.82 Å². The Morgan fingerprint density at radius 3 is 1.61 bits per heavy atom. The van der Waals surface area contributed by atoms with Crippen LogP contribution in [-0.4, -0.2) is 59.9 Å². The molecule has 0 aromatic heterocycles. The molecule has 0 spiro atoms. The van der Waals surface area contributed by atoms with Crippen molar-refractivity contribution in [3.8, 4) is 0 Å². The first-order valence-electron chi connectivity index (χ1n) is 17.7. The monoisotopic (exact) mass is 677 g/mol. The van der Waals surface area contributed by atoms with E-state index in [1.807, 2.05) is 0 Å². The Bertz CT molecular complexity index is 854. The number of allylic oxidation sites excluding steroid dienone is 2. The molecule has 1 unspecified atom stereocenters. The number of ether oxygens (including phenoxy) is 2. The molecule has 0 heterocycles. The molecule has 0 aromatic carbocycles. The van der Waals surface area contributed by atoms with Crippen molar-refractivity contribution in [2.24, 2.45) is 5.73 Å². The van der Waals surface area contributed by atoms with Crippen molar-refractivity contribution in [2.45, 2.75) is 167 Å². The van der Waals surface area contributed by atoms with Crippen molar-refractivity contribution in [1.29, 1.82) is 0 Å². The minimum absolute atomic E-state index is 0.154. The quantitative estimate of drug-likeness (QED) is 0.0265. The van der Waals surface area contributed by atoms with E-state index in [4.69, 9.17) is 24.8 Å². The Hall–Kier alpha value is -1.78. The van der Waals surface area contributed by atoms with Crippen LogP contribution in [0.3, 0.4) is 0 Å². The Balaban J connectivity index is 4.49. The minimum atomic E-state index is -4.70. The van der Waals surface area contributed by atoms with Gasteiger partial charge in [0.25, 0.3) is 0 Å². The topological polar surface area (TPSA) is 172 Å². The second kappa shape index (κ2) is 30.5. The molecule has 0 saturated heterocycles. The second-order valence-corrected chi connectivity index (χ2v) is 13.5. The van der Waals surface area contributed by atoms with Crippen molar-refractivity contribution in [3.63, 3.8) is 0 Å². The predicted octanol–water partition coefficient (Wildman–Crippen LogP) is 8.17. The molecule has 12 heteroatoms. The van der Waals surface area contributed by atoms with Gasteiger partial charge in [-0.2, -0.15) is 0 Å². The van der Waals surface area contributed by atoms with E-state index in [9.17, 15) is 23.8 Å². The lowest BCUT2D eigenvalue weighted by Gasteiger charge is -2.20. The number of phosphoric ester groups is 1. The van der Waals surface area contributed by atoms with Gasteiger partial charge in [-0.25, -0.2) is 4.57 Å². The Morgan fingerprint density at radius 1 is 0.652 bits per heavy atom. The van der Waals surface area contributed by atoms with E-state index in [0.717, 1.165) is 57.8 Å². The normalized spacial score (nSPS) is 14.2. The molecule has 0 fully saturated rings. The number of carbonyl (C=O) groups excluding carboxylic acids is 2. The van der Waals surface area contributed by atoms with Crippen molar-refractivity contribution < 1.29 is 47.5 Å². The summed E-state index contributed by atoms with van der Waals surface area (Å²) in [7, 11) is -4.70. The maximum absolute atomic E-state index is 12.5. The molecule has 0 saturated carbocycles. The van der Waals surface area contributed by atoms with E-state index in [1.54, 1.807) is 0 Å². The molecular weight excluding hydrogens is 613 g/mol. The summed E-state index contributed by atoms with van der Waals surface area (Å²) in [5.41, 5.74) is 5.30. The predicted molar refractivity (Wildman–Crippen MR) is 180 cm³/mol. The number of nitrogens with two attached hydrogens (primary N) is 1. The zero-order valence-corrected chi connectivity index (χ0v) is 29.6. The SMILES string of the molecule is CCCCCC/C=C/CCCCCCCC(=O)O[C@H](COC(=O)CCCCCCCCCCC)COP(=O)(O)OC[C@H](N)C(=O)O. The number of hydrogen-bond donors (Lipinski definition) is 3. The van der Waals surface area contributed by atoms with Gasteiger partial charge in [0, 0.05) is 12.8 Å². The number of unbranched alkanes of at least 4 members (excludes halogenated alkanes) is 17. The van der Waals surface area contributed by atoms with Crippen LogP contribution in [0.25, 0.3) is 0 Å². The average molecular weight is 678 g/mol. The number of carboxylic acids is 1. The van der Waals surface area contributed by atoms with Crippen molar-refractivity contribution in [1.82, 2.24) is 0 Å². The van der Waals surface area contributed by atoms with Crippen LogP contribution in [0.4, 0.5) is 0 Å². The zero-order valence-electron chi connectivity index (χ0n) is 28.7. The molecule has 0 aliphatic heterocycles. The average Bonchev–Trinajstić information content (AvgIpc) is 3.02. The number of rotatable bonds is 33. The molecule has 0 radical (unpaired) electrons. The highest BCUT2D eigenvalue weighted by atomic mass is 31.2. The van der Waals surface area contributed by atoms with Crippen LogP contribution < -0.4 is 5.73 Å². The third kappa shape index (κ3) is 29.6. The fraction of sp³-hybridized carbons (Fsp3) is 0.853. The third-order valence-electron chi connectivity index (χ3n) is 7.51. The summed E-state index contributed by atoms with van der Waals surface area (Å²) in [6, 6.07) is -1.52. The largest absolute Gasteiger partial charge is 0.480 e. The summed E-state index contributed by atoms with van der Waals surface area (Å²) in [6.07, 6.45) is 25.8. The van der Waals surface area contributed by atoms with Gasteiger partial charge >= 0.3 is 25.7 Å². The van der Waals surface area contributed by atoms with Gasteiger partial charge in [-0.1, -0.05) is 116 Å². The van der Waals surface area contributed by atoms with Crippen LogP contribution in [-0.2, 0) is 37.5 Å². The number of carbonyl (C=O) groups is 3. The van der Waals surface area contributed by atoms with Crippen molar-refractivity contribution in [3.05, 3.63) is 12.2 Å². The van der Waals surface area contributed by atoms with E-state index >= 15 is 0 Å². The maximum Gasteiger partial charge on any atom is 0.472 e. The van der Waals surface area contributed by atoms with Gasteiger partial charge in [-0.15, -0.1) is 0 Å².